The highest BCUT2D eigenvalue weighted by molar-refractivity contribution is 7.89. The lowest BCUT2D eigenvalue weighted by Crippen LogP contribution is -2.52. The Morgan fingerprint density at radius 2 is 1.75 bits per heavy atom. The van der Waals surface area contributed by atoms with E-state index in [2.05, 4.69) is 10.2 Å². The van der Waals surface area contributed by atoms with Gasteiger partial charge < -0.3 is 15.2 Å². The number of nitrogens with zero attached hydrogens (tertiary/aromatic N) is 2. The molecule has 10 heteroatoms. The molecule has 0 aliphatic carbocycles. The Bertz CT molecular complexity index is 1210. The number of fused-ring (bicyclic) bond motifs is 3. The quantitative estimate of drug-likeness (QED) is 0.518. The number of aliphatic carboxylic acids is 1. The third-order valence-corrected chi connectivity index (χ3v) is 9.38. The summed E-state index contributed by atoms with van der Waals surface area (Å²) in [7, 11) is -4.01. The van der Waals surface area contributed by atoms with Crippen LogP contribution in [0.2, 0.25) is 0 Å². The number of sulfonamides is 1. The first kappa shape index (κ1) is 24.7. The zero-order valence-electron chi connectivity index (χ0n) is 20.0. The van der Waals surface area contributed by atoms with Crippen molar-refractivity contribution in [3.05, 3.63) is 60.2 Å². The molecule has 2 aromatic carbocycles. The zero-order chi connectivity index (χ0) is 25.3. The summed E-state index contributed by atoms with van der Waals surface area (Å²) in [6.07, 6.45) is 2.68. The van der Waals surface area contributed by atoms with Gasteiger partial charge in [-0.1, -0.05) is 36.4 Å². The molecule has 192 valence electrons. The Morgan fingerprint density at radius 3 is 2.42 bits per heavy atom. The number of nitrogens with one attached hydrogen (secondary N) is 1. The van der Waals surface area contributed by atoms with Crippen molar-refractivity contribution in [2.24, 2.45) is 5.92 Å². The van der Waals surface area contributed by atoms with E-state index in [4.69, 9.17) is 4.74 Å². The second-order valence-corrected chi connectivity index (χ2v) is 11.6. The highest BCUT2D eigenvalue weighted by Gasteiger charge is 2.40. The maximum absolute atomic E-state index is 13.4. The van der Waals surface area contributed by atoms with Crippen LogP contribution in [0.25, 0.3) is 0 Å². The van der Waals surface area contributed by atoms with Crippen LogP contribution in [-0.2, 0) is 24.3 Å². The molecule has 4 fully saturated rings. The first-order valence-corrected chi connectivity index (χ1v) is 13.9. The van der Waals surface area contributed by atoms with E-state index in [-0.39, 0.29) is 24.0 Å². The third kappa shape index (κ3) is 4.98. The van der Waals surface area contributed by atoms with E-state index < -0.39 is 34.0 Å². The Labute approximate surface area is 211 Å². The lowest BCUT2D eigenvalue weighted by molar-refractivity contribution is -0.160. The van der Waals surface area contributed by atoms with Crippen molar-refractivity contribution in [2.75, 3.05) is 31.5 Å². The van der Waals surface area contributed by atoms with Crippen molar-refractivity contribution in [3.8, 4) is 0 Å². The van der Waals surface area contributed by atoms with Crippen LogP contribution in [0.3, 0.4) is 0 Å². The average molecular weight is 514 g/mol. The predicted octanol–water partition coefficient (Wildman–Crippen LogP) is 2.71. The van der Waals surface area contributed by atoms with Gasteiger partial charge in [-0.3, -0.25) is 9.69 Å². The van der Waals surface area contributed by atoms with Crippen LogP contribution in [0, 0.1) is 5.92 Å². The fraction of sp³-hybridized carbons (Fsp3) is 0.462. The van der Waals surface area contributed by atoms with Gasteiger partial charge in [-0.05, 0) is 68.5 Å². The van der Waals surface area contributed by atoms with E-state index in [0.717, 1.165) is 36.8 Å². The minimum Gasteiger partial charge on any atom is -0.480 e. The van der Waals surface area contributed by atoms with Crippen LogP contribution in [0.15, 0.2) is 59.5 Å². The number of anilines is 1. The molecule has 2 bridgehead atoms. The predicted molar refractivity (Wildman–Crippen MR) is 133 cm³/mol. The van der Waals surface area contributed by atoms with Gasteiger partial charge in [0.1, 0.15) is 12.1 Å². The van der Waals surface area contributed by atoms with E-state index in [1.165, 1.54) is 12.1 Å². The number of carbonyl (C=O) groups is 2. The molecule has 2 aromatic rings. The number of rotatable bonds is 8. The fourth-order valence-electron chi connectivity index (χ4n) is 5.51. The van der Waals surface area contributed by atoms with Crippen LogP contribution in [0.1, 0.15) is 37.3 Å². The largest absolute Gasteiger partial charge is 0.480 e. The van der Waals surface area contributed by atoms with Crippen molar-refractivity contribution < 1.29 is 27.9 Å². The Kier molecular flexibility index (Phi) is 7.00. The number of piperidine rings is 3. The van der Waals surface area contributed by atoms with E-state index >= 15 is 0 Å². The number of carboxylic acid groups (broad SMARTS) is 1. The van der Waals surface area contributed by atoms with E-state index in [1.54, 1.807) is 12.1 Å². The molecule has 36 heavy (non-hydrogen) atoms. The van der Waals surface area contributed by atoms with Gasteiger partial charge in [0.15, 0.2) is 6.04 Å². The summed E-state index contributed by atoms with van der Waals surface area (Å²) < 4.78 is 33.6. The van der Waals surface area contributed by atoms with E-state index in [9.17, 15) is 23.1 Å². The molecule has 4 aliphatic heterocycles. The molecular formula is C26H31N3O6S. The van der Waals surface area contributed by atoms with Crippen molar-refractivity contribution in [2.45, 2.75) is 48.8 Å². The summed E-state index contributed by atoms with van der Waals surface area (Å²) >= 11 is 0. The van der Waals surface area contributed by atoms with Gasteiger partial charge in [0.2, 0.25) is 10.0 Å². The van der Waals surface area contributed by atoms with Crippen LogP contribution in [0.5, 0.6) is 0 Å². The van der Waals surface area contributed by atoms with E-state index in [1.807, 2.05) is 30.3 Å². The van der Waals surface area contributed by atoms with Crippen molar-refractivity contribution in [1.82, 2.24) is 9.21 Å². The molecular weight excluding hydrogens is 482 g/mol. The number of carbonyl (C=O) groups excluding carboxylic acids is 1. The number of hydrogen-bond acceptors (Lipinski definition) is 7. The van der Waals surface area contributed by atoms with Gasteiger partial charge in [-0.15, -0.1) is 0 Å². The van der Waals surface area contributed by atoms with Crippen molar-refractivity contribution >= 4 is 27.6 Å². The van der Waals surface area contributed by atoms with Gasteiger partial charge in [0.05, 0.1) is 4.90 Å². The van der Waals surface area contributed by atoms with Gasteiger partial charge in [0, 0.05) is 18.8 Å². The van der Waals surface area contributed by atoms with Gasteiger partial charge in [-0.2, -0.15) is 4.31 Å². The highest BCUT2D eigenvalue weighted by atomic mass is 32.2. The normalized spacial score (nSPS) is 26.9. The van der Waals surface area contributed by atoms with Crippen LogP contribution < -0.4 is 5.32 Å². The Hall–Kier alpha value is -2.95. The highest BCUT2D eigenvalue weighted by Crippen LogP contribution is 2.32. The van der Waals surface area contributed by atoms with Gasteiger partial charge >= 0.3 is 11.9 Å². The second kappa shape index (κ2) is 10.2. The standard InChI is InChI=1S/C26H31N3O6S/c30-25(31)22-10-5-13-29(22)36(33,34)21-9-4-8-20(16-21)27-24(19-6-2-1-3-7-19)26(32)35-23-17-28-14-11-18(23)12-15-28/h1-4,6-9,16,18,22-24,27H,5,10-15,17H2,(H,30,31)/t22?,23-,24?/m0/s1. The molecule has 0 radical (unpaired) electrons. The smallest absolute Gasteiger partial charge is 0.333 e. The summed E-state index contributed by atoms with van der Waals surface area (Å²) in [4.78, 5) is 27.3. The maximum Gasteiger partial charge on any atom is 0.333 e. The summed E-state index contributed by atoms with van der Waals surface area (Å²) in [5.74, 6) is -1.19. The summed E-state index contributed by atoms with van der Waals surface area (Å²) in [5.41, 5.74) is 1.14. The van der Waals surface area contributed by atoms with Crippen molar-refractivity contribution in [1.29, 1.82) is 0 Å². The lowest BCUT2D eigenvalue weighted by atomic mass is 9.86. The average Bonchev–Trinajstić information content (AvgIpc) is 3.40. The molecule has 9 nitrogen and oxygen atoms in total. The molecule has 2 unspecified atom stereocenters. The molecule has 3 atom stereocenters. The number of carboxylic acids is 1. The molecule has 0 spiro atoms. The van der Waals surface area contributed by atoms with Crippen LogP contribution >= 0.6 is 0 Å². The first-order chi connectivity index (χ1) is 17.3. The van der Waals surface area contributed by atoms with E-state index in [0.29, 0.717) is 23.6 Å². The summed E-state index contributed by atoms with van der Waals surface area (Å²) in [6.45, 7) is 2.99. The fourth-order valence-corrected chi connectivity index (χ4v) is 7.21. The molecule has 0 amide bonds. The first-order valence-electron chi connectivity index (χ1n) is 12.4. The molecule has 4 saturated heterocycles. The Morgan fingerprint density at radius 1 is 1.00 bits per heavy atom. The second-order valence-electron chi connectivity index (χ2n) is 9.74. The molecule has 2 N–H and O–H groups in total. The lowest BCUT2D eigenvalue weighted by Gasteiger charge is -2.44. The van der Waals surface area contributed by atoms with Crippen LogP contribution in [-0.4, -0.2) is 73.0 Å². The zero-order valence-corrected chi connectivity index (χ0v) is 20.8. The van der Waals surface area contributed by atoms with Crippen molar-refractivity contribution in [3.63, 3.8) is 0 Å². The van der Waals surface area contributed by atoms with Crippen LogP contribution in [0.4, 0.5) is 5.69 Å². The molecule has 4 heterocycles. The summed E-state index contributed by atoms with van der Waals surface area (Å²) in [5, 5.41) is 12.6. The summed E-state index contributed by atoms with van der Waals surface area (Å²) in [6, 6.07) is 13.5. The minimum absolute atomic E-state index is 0.0155. The number of benzene rings is 2. The number of esters is 1. The topological polar surface area (TPSA) is 116 Å². The SMILES string of the molecule is O=C(O[C@H]1CN2CCC1CC2)C(Nc1cccc(S(=O)(=O)N2CCCC2C(=O)O)c1)c1ccccc1. The minimum atomic E-state index is -4.01. The number of hydrogen-bond donors (Lipinski definition) is 2. The number of ether oxygens (including phenoxy) is 1. The Balaban J connectivity index is 1.38. The van der Waals surface area contributed by atoms with Gasteiger partial charge in [0.25, 0.3) is 0 Å². The molecule has 0 aromatic heterocycles. The monoisotopic (exact) mass is 513 g/mol. The van der Waals surface area contributed by atoms with Gasteiger partial charge in [-0.25, -0.2) is 13.2 Å². The molecule has 0 saturated carbocycles. The maximum atomic E-state index is 13.4. The molecule has 4 aliphatic rings. The molecule has 6 rings (SSSR count). The third-order valence-electron chi connectivity index (χ3n) is 7.47.